The summed E-state index contributed by atoms with van der Waals surface area (Å²) in [6.07, 6.45) is 1.86. The third kappa shape index (κ3) is 5.70. The van der Waals surface area contributed by atoms with Crippen LogP contribution in [-0.2, 0) is 9.53 Å². The lowest BCUT2D eigenvalue weighted by Crippen LogP contribution is -2.40. The molecule has 0 radical (unpaired) electrons. The molecule has 1 aliphatic rings. The molecule has 0 amide bonds. The number of carbonyl (C=O) groups excluding carboxylic acids is 1. The van der Waals surface area contributed by atoms with Crippen LogP contribution in [0.15, 0.2) is 92.6 Å². The smallest absolute Gasteiger partial charge is 0.338 e. The SMILES string of the molecule is CCOC(=O)C1=C(c2ccccc2)N=c2s/c(=C\c3ccc(OC(C)C)c(Br)c3)c(=O)n2[C@@H]1c1ccc(Cl)cc1. The van der Waals surface area contributed by atoms with Crippen molar-refractivity contribution in [1.29, 1.82) is 0 Å². The molecule has 204 valence electrons. The maximum atomic E-state index is 14.0. The number of halogens is 2. The van der Waals surface area contributed by atoms with E-state index in [1.54, 1.807) is 23.6 Å². The second-order valence-electron chi connectivity index (χ2n) is 9.34. The van der Waals surface area contributed by atoms with Crippen LogP contribution in [0.1, 0.15) is 43.5 Å². The van der Waals surface area contributed by atoms with Crippen LogP contribution in [0.25, 0.3) is 11.8 Å². The van der Waals surface area contributed by atoms with E-state index in [1.165, 1.54) is 11.3 Å². The van der Waals surface area contributed by atoms with Gasteiger partial charge in [-0.15, -0.1) is 0 Å². The van der Waals surface area contributed by atoms with Crippen LogP contribution in [0, 0.1) is 0 Å². The van der Waals surface area contributed by atoms with E-state index in [0.29, 0.717) is 25.6 Å². The summed E-state index contributed by atoms with van der Waals surface area (Å²) in [5.41, 5.74) is 2.82. The van der Waals surface area contributed by atoms with Gasteiger partial charge in [-0.1, -0.05) is 71.5 Å². The highest BCUT2D eigenvalue weighted by atomic mass is 79.9. The normalized spacial score (nSPS) is 15.2. The molecule has 40 heavy (non-hydrogen) atoms. The molecule has 0 N–H and O–H groups in total. The standard InChI is InChI=1S/C31H26BrClN2O4S/c1-4-38-30(37)26-27(20-8-6-5-7-9-20)34-31-35(28(26)21-11-13-22(33)14-12-21)29(36)25(40-31)17-19-10-15-24(23(32)16-19)39-18(2)3/h5-18,28H,4H2,1-3H3/b25-17-/t28-/m1/s1. The van der Waals surface area contributed by atoms with Crippen LogP contribution in [0.4, 0.5) is 0 Å². The molecule has 0 fully saturated rings. The van der Waals surface area contributed by atoms with Gasteiger partial charge in [-0.05, 0) is 78.2 Å². The number of aromatic nitrogens is 1. The van der Waals surface area contributed by atoms with Crippen LogP contribution in [-0.4, -0.2) is 23.2 Å². The lowest BCUT2D eigenvalue weighted by molar-refractivity contribution is -0.138. The molecule has 0 saturated heterocycles. The number of esters is 1. The zero-order valence-electron chi connectivity index (χ0n) is 22.1. The molecule has 6 nitrogen and oxygen atoms in total. The molecular formula is C31H26BrClN2O4S. The Morgan fingerprint density at radius 3 is 2.50 bits per heavy atom. The fourth-order valence-corrected chi connectivity index (χ4v) is 6.13. The number of nitrogens with zero attached hydrogens (tertiary/aromatic N) is 2. The highest BCUT2D eigenvalue weighted by Crippen LogP contribution is 2.35. The van der Waals surface area contributed by atoms with Crippen molar-refractivity contribution in [3.63, 3.8) is 0 Å². The Morgan fingerprint density at radius 1 is 1.12 bits per heavy atom. The summed E-state index contributed by atoms with van der Waals surface area (Å²) in [7, 11) is 0. The maximum absolute atomic E-state index is 14.0. The Labute approximate surface area is 249 Å². The molecule has 1 aromatic heterocycles. The second kappa shape index (κ2) is 12.0. The molecule has 0 bridgehead atoms. The first kappa shape index (κ1) is 28.1. The fraction of sp³-hybridized carbons (Fsp3) is 0.194. The predicted octanol–water partition coefficient (Wildman–Crippen LogP) is 6.14. The molecule has 0 aliphatic carbocycles. The highest BCUT2D eigenvalue weighted by Gasteiger charge is 2.35. The number of benzene rings is 3. The summed E-state index contributed by atoms with van der Waals surface area (Å²) >= 11 is 11.0. The largest absolute Gasteiger partial charge is 0.490 e. The van der Waals surface area contributed by atoms with Crippen LogP contribution in [0.5, 0.6) is 5.75 Å². The van der Waals surface area contributed by atoms with Crippen LogP contribution in [0.2, 0.25) is 5.02 Å². The lowest BCUT2D eigenvalue weighted by Gasteiger charge is -2.25. The number of thiazole rings is 1. The van der Waals surface area contributed by atoms with Gasteiger partial charge in [0, 0.05) is 10.6 Å². The molecule has 0 unspecified atom stereocenters. The molecular weight excluding hydrogens is 612 g/mol. The predicted molar refractivity (Wildman–Crippen MR) is 162 cm³/mol. The average Bonchev–Trinajstić information content (AvgIpc) is 3.24. The molecule has 3 aromatic carbocycles. The van der Waals surface area contributed by atoms with Crippen molar-refractivity contribution < 1.29 is 14.3 Å². The first-order chi connectivity index (χ1) is 19.3. The molecule has 5 rings (SSSR count). The maximum Gasteiger partial charge on any atom is 0.338 e. The topological polar surface area (TPSA) is 69.9 Å². The molecule has 9 heteroatoms. The molecule has 1 atom stereocenters. The van der Waals surface area contributed by atoms with Gasteiger partial charge in [-0.2, -0.15) is 0 Å². The summed E-state index contributed by atoms with van der Waals surface area (Å²) < 4.78 is 14.2. The van der Waals surface area contributed by atoms with Crippen molar-refractivity contribution >= 4 is 56.6 Å². The van der Waals surface area contributed by atoms with Gasteiger partial charge in [0.05, 0.1) is 39.0 Å². The molecule has 4 aromatic rings. The van der Waals surface area contributed by atoms with Crippen molar-refractivity contribution in [3.8, 4) is 5.75 Å². The zero-order valence-corrected chi connectivity index (χ0v) is 25.2. The number of fused-ring (bicyclic) bond motifs is 1. The quantitative estimate of drug-likeness (QED) is 0.229. The third-order valence-electron chi connectivity index (χ3n) is 6.18. The highest BCUT2D eigenvalue weighted by molar-refractivity contribution is 9.10. The van der Waals surface area contributed by atoms with E-state index in [-0.39, 0.29) is 18.3 Å². The van der Waals surface area contributed by atoms with Crippen molar-refractivity contribution in [3.05, 3.63) is 124 Å². The van der Waals surface area contributed by atoms with Gasteiger partial charge >= 0.3 is 5.97 Å². The van der Waals surface area contributed by atoms with E-state index in [0.717, 1.165) is 26.9 Å². The summed E-state index contributed by atoms with van der Waals surface area (Å²) in [5, 5.41) is 0.552. The summed E-state index contributed by atoms with van der Waals surface area (Å²) in [6, 6.07) is 21.5. The third-order valence-corrected chi connectivity index (χ3v) is 8.03. The van der Waals surface area contributed by atoms with Crippen molar-refractivity contribution in [1.82, 2.24) is 4.57 Å². The van der Waals surface area contributed by atoms with E-state index in [9.17, 15) is 9.59 Å². The number of hydrogen-bond acceptors (Lipinski definition) is 6. The van der Waals surface area contributed by atoms with E-state index in [4.69, 9.17) is 26.1 Å². The van der Waals surface area contributed by atoms with Gasteiger partial charge in [0.25, 0.3) is 5.56 Å². The van der Waals surface area contributed by atoms with E-state index < -0.39 is 12.0 Å². The second-order valence-corrected chi connectivity index (χ2v) is 11.6. The summed E-state index contributed by atoms with van der Waals surface area (Å²) in [5.74, 6) is 0.201. The van der Waals surface area contributed by atoms with Crippen LogP contribution >= 0.6 is 38.9 Å². The first-order valence-electron chi connectivity index (χ1n) is 12.8. The van der Waals surface area contributed by atoms with Gasteiger partial charge in [-0.25, -0.2) is 9.79 Å². The Balaban J connectivity index is 1.75. The van der Waals surface area contributed by atoms with Gasteiger partial charge in [0.15, 0.2) is 4.80 Å². The molecule has 0 spiro atoms. The molecule has 1 aliphatic heterocycles. The Hall–Kier alpha value is -3.46. The summed E-state index contributed by atoms with van der Waals surface area (Å²) in [4.78, 5) is 32.8. The van der Waals surface area contributed by atoms with E-state index in [1.807, 2.05) is 80.6 Å². The van der Waals surface area contributed by atoms with Crippen LogP contribution < -0.4 is 19.6 Å². The lowest BCUT2D eigenvalue weighted by atomic mass is 9.93. The van der Waals surface area contributed by atoms with E-state index in [2.05, 4.69) is 15.9 Å². The van der Waals surface area contributed by atoms with Gasteiger partial charge in [0.2, 0.25) is 0 Å². The number of hydrogen-bond donors (Lipinski definition) is 0. The van der Waals surface area contributed by atoms with Gasteiger partial charge < -0.3 is 9.47 Å². The van der Waals surface area contributed by atoms with Gasteiger partial charge in [0.1, 0.15) is 5.75 Å². The Bertz CT molecular complexity index is 1780. The Morgan fingerprint density at radius 2 is 1.85 bits per heavy atom. The minimum absolute atomic E-state index is 0.0334. The Kier molecular flexibility index (Phi) is 8.40. The van der Waals surface area contributed by atoms with E-state index >= 15 is 0 Å². The van der Waals surface area contributed by atoms with Crippen molar-refractivity contribution in [2.45, 2.75) is 32.9 Å². The van der Waals surface area contributed by atoms with Gasteiger partial charge in [-0.3, -0.25) is 9.36 Å². The minimum Gasteiger partial charge on any atom is -0.490 e. The number of rotatable bonds is 7. The monoisotopic (exact) mass is 636 g/mol. The van der Waals surface area contributed by atoms with Crippen molar-refractivity contribution in [2.75, 3.05) is 6.61 Å². The molecule has 2 heterocycles. The first-order valence-corrected chi connectivity index (χ1v) is 14.8. The molecule has 0 saturated carbocycles. The number of ether oxygens (including phenoxy) is 2. The fourth-order valence-electron chi connectivity index (χ4n) is 4.51. The van der Waals surface area contributed by atoms with Crippen molar-refractivity contribution in [2.24, 2.45) is 4.99 Å². The zero-order chi connectivity index (χ0) is 28.4. The average molecular weight is 638 g/mol. The van der Waals surface area contributed by atoms with Crippen LogP contribution in [0.3, 0.4) is 0 Å². The number of carbonyl (C=O) groups is 1. The minimum atomic E-state index is -0.751. The summed E-state index contributed by atoms with van der Waals surface area (Å²) in [6.45, 7) is 5.87.